The summed E-state index contributed by atoms with van der Waals surface area (Å²) >= 11 is 1.91. The predicted octanol–water partition coefficient (Wildman–Crippen LogP) is 3.14. The molecule has 0 aliphatic rings. The molecule has 0 aliphatic carbocycles. The molecule has 2 N–H and O–H groups in total. The Labute approximate surface area is 161 Å². The van der Waals surface area contributed by atoms with Crippen LogP contribution in [0.1, 0.15) is 0 Å². The number of halogens is 2. The summed E-state index contributed by atoms with van der Waals surface area (Å²) < 4.78 is 32.0. The van der Waals surface area contributed by atoms with Gasteiger partial charge in [-0.2, -0.15) is 0 Å². The molecule has 0 fully saturated rings. The standard InChI is InChI=1S/C17H13F2N3O3S2/c18-10-5-6-11(19)14(7-10)26-8-15(23)21-22-16(24)9-27-17-20-12-3-1-2-4-13(12)25-17/h1-7H,8-9H2,(H,21,23)(H,22,24). The van der Waals surface area contributed by atoms with E-state index in [9.17, 15) is 18.4 Å². The van der Waals surface area contributed by atoms with Gasteiger partial charge in [0.1, 0.15) is 17.2 Å². The van der Waals surface area contributed by atoms with E-state index >= 15 is 0 Å². The van der Waals surface area contributed by atoms with Gasteiger partial charge >= 0.3 is 0 Å². The maximum Gasteiger partial charge on any atom is 0.257 e. The number of oxazole rings is 1. The molecule has 3 aromatic rings. The van der Waals surface area contributed by atoms with Crippen LogP contribution in [0, 0.1) is 11.6 Å². The molecule has 0 saturated carbocycles. The first-order valence-corrected chi connectivity index (χ1v) is 9.62. The van der Waals surface area contributed by atoms with Crippen molar-refractivity contribution in [2.24, 2.45) is 0 Å². The van der Waals surface area contributed by atoms with E-state index in [4.69, 9.17) is 4.42 Å². The van der Waals surface area contributed by atoms with Crippen molar-refractivity contribution in [2.75, 3.05) is 11.5 Å². The van der Waals surface area contributed by atoms with Gasteiger partial charge in [0, 0.05) is 4.90 Å². The minimum atomic E-state index is -0.618. The van der Waals surface area contributed by atoms with Gasteiger partial charge in [-0.3, -0.25) is 20.4 Å². The topological polar surface area (TPSA) is 84.2 Å². The van der Waals surface area contributed by atoms with Crippen LogP contribution in [-0.2, 0) is 9.59 Å². The van der Waals surface area contributed by atoms with Crippen LogP contribution in [-0.4, -0.2) is 28.3 Å². The summed E-state index contributed by atoms with van der Waals surface area (Å²) in [7, 11) is 0. The van der Waals surface area contributed by atoms with Crippen LogP contribution < -0.4 is 10.9 Å². The Bertz CT molecular complexity index is 948. The maximum absolute atomic E-state index is 13.5. The number of carbonyl (C=O) groups is 2. The summed E-state index contributed by atoms with van der Waals surface area (Å²) in [4.78, 5) is 27.7. The Kier molecular flexibility index (Phi) is 6.30. The summed E-state index contributed by atoms with van der Waals surface area (Å²) in [5.41, 5.74) is 5.76. The van der Waals surface area contributed by atoms with Gasteiger partial charge in [0.15, 0.2) is 5.58 Å². The van der Waals surface area contributed by atoms with Crippen molar-refractivity contribution >= 4 is 46.4 Å². The molecular formula is C17H13F2N3O3S2. The highest BCUT2D eigenvalue weighted by Gasteiger charge is 2.11. The zero-order valence-electron chi connectivity index (χ0n) is 13.7. The second-order valence-corrected chi connectivity index (χ2v) is 7.14. The van der Waals surface area contributed by atoms with Crippen LogP contribution in [0.3, 0.4) is 0 Å². The molecule has 27 heavy (non-hydrogen) atoms. The minimum Gasteiger partial charge on any atom is -0.431 e. The number of thioether (sulfide) groups is 2. The first-order chi connectivity index (χ1) is 13.0. The molecule has 0 bridgehead atoms. The average molecular weight is 409 g/mol. The van der Waals surface area contributed by atoms with Crippen molar-refractivity contribution in [1.82, 2.24) is 15.8 Å². The van der Waals surface area contributed by atoms with Crippen molar-refractivity contribution in [3.8, 4) is 0 Å². The normalized spacial score (nSPS) is 10.7. The fourth-order valence-electron chi connectivity index (χ4n) is 1.98. The van der Waals surface area contributed by atoms with Crippen LogP contribution >= 0.6 is 23.5 Å². The molecule has 0 saturated heterocycles. The lowest BCUT2D eigenvalue weighted by Crippen LogP contribution is -2.43. The van der Waals surface area contributed by atoms with E-state index in [1.54, 1.807) is 12.1 Å². The third-order valence-electron chi connectivity index (χ3n) is 3.19. The number of nitrogens with one attached hydrogen (secondary N) is 2. The van der Waals surface area contributed by atoms with Gasteiger partial charge in [-0.15, -0.1) is 11.8 Å². The molecule has 1 aromatic heterocycles. The van der Waals surface area contributed by atoms with Crippen LogP contribution in [0.2, 0.25) is 0 Å². The predicted molar refractivity (Wildman–Crippen MR) is 98.1 cm³/mol. The SMILES string of the molecule is O=C(CSc1nc2ccccc2o1)NNC(=O)CSc1cc(F)ccc1F. The molecule has 0 atom stereocenters. The van der Waals surface area contributed by atoms with Gasteiger partial charge < -0.3 is 4.42 Å². The van der Waals surface area contributed by atoms with E-state index in [1.807, 2.05) is 12.1 Å². The fourth-order valence-corrected chi connectivity index (χ4v) is 3.38. The zero-order chi connectivity index (χ0) is 19.2. The van der Waals surface area contributed by atoms with E-state index in [0.29, 0.717) is 16.3 Å². The van der Waals surface area contributed by atoms with Gasteiger partial charge in [-0.1, -0.05) is 23.9 Å². The van der Waals surface area contributed by atoms with Crippen LogP contribution in [0.25, 0.3) is 11.1 Å². The van der Waals surface area contributed by atoms with Gasteiger partial charge in [0.25, 0.3) is 5.22 Å². The monoisotopic (exact) mass is 409 g/mol. The molecule has 6 nitrogen and oxygen atoms in total. The summed E-state index contributed by atoms with van der Waals surface area (Å²) in [6.07, 6.45) is 0. The van der Waals surface area contributed by atoms with Crippen molar-refractivity contribution in [3.63, 3.8) is 0 Å². The molecule has 0 aliphatic heterocycles. The van der Waals surface area contributed by atoms with E-state index in [0.717, 1.165) is 41.7 Å². The van der Waals surface area contributed by atoms with E-state index in [2.05, 4.69) is 15.8 Å². The molecule has 0 unspecified atom stereocenters. The highest BCUT2D eigenvalue weighted by Crippen LogP contribution is 2.23. The number of carbonyl (C=O) groups excluding carboxylic acids is 2. The Morgan fingerprint density at radius 2 is 1.70 bits per heavy atom. The van der Waals surface area contributed by atoms with Crippen LogP contribution in [0.5, 0.6) is 0 Å². The second-order valence-electron chi connectivity index (χ2n) is 5.20. The minimum absolute atomic E-state index is 0.0151. The fraction of sp³-hybridized carbons (Fsp3) is 0.118. The van der Waals surface area contributed by atoms with E-state index < -0.39 is 23.4 Å². The van der Waals surface area contributed by atoms with Gasteiger partial charge in [-0.05, 0) is 30.3 Å². The second kappa shape index (κ2) is 8.87. The summed E-state index contributed by atoms with van der Waals surface area (Å²) in [6, 6.07) is 10.2. The lowest BCUT2D eigenvalue weighted by molar-refractivity contribution is -0.126. The highest BCUT2D eigenvalue weighted by molar-refractivity contribution is 8.00. The number of hydrogen-bond donors (Lipinski definition) is 2. The number of fused-ring (bicyclic) bond motifs is 1. The van der Waals surface area contributed by atoms with Crippen LogP contribution in [0.15, 0.2) is 57.0 Å². The highest BCUT2D eigenvalue weighted by atomic mass is 32.2. The van der Waals surface area contributed by atoms with Gasteiger partial charge in [0.2, 0.25) is 11.8 Å². The zero-order valence-corrected chi connectivity index (χ0v) is 15.3. The number of para-hydroxylation sites is 2. The van der Waals surface area contributed by atoms with Crippen molar-refractivity contribution in [1.29, 1.82) is 0 Å². The first-order valence-electron chi connectivity index (χ1n) is 7.65. The molecule has 3 rings (SSSR count). The van der Waals surface area contributed by atoms with Crippen molar-refractivity contribution in [3.05, 3.63) is 54.1 Å². The molecule has 0 radical (unpaired) electrons. The summed E-state index contributed by atoms with van der Waals surface area (Å²) in [5, 5.41) is 0.342. The summed E-state index contributed by atoms with van der Waals surface area (Å²) in [6.45, 7) is 0. The average Bonchev–Trinajstić information content (AvgIpc) is 3.08. The molecule has 10 heteroatoms. The Morgan fingerprint density at radius 1 is 1.00 bits per heavy atom. The number of nitrogens with zero attached hydrogens (tertiary/aromatic N) is 1. The number of rotatable bonds is 6. The lowest BCUT2D eigenvalue weighted by Gasteiger charge is -2.07. The lowest BCUT2D eigenvalue weighted by atomic mass is 10.3. The molecule has 0 spiro atoms. The third kappa shape index (κ3) is 5.44. The number of hydrogen-bond acceptors (Lipinski definition) is 6. The number of benzene rings is 2. The van der Waals surface area contributed by atoms with E-state index in [-0.39, 0.29) is 16.4 Å². The largest absolute Gasteiger partial charge is 0.431 e. The molecule has 2 amide bonds. The molecule has 1 heterocycles. The van der Waals surface area contributed by atoms with Gasteiger partial charge in [0.05, 0.1) is 11.5 Å². The Morgan fingerprint density at radius 3 is 2.44 bits per heavy atom. The van der Waals surface area contributed by atoms with Crippen LogP contribution in [0.4, 0.5) is 8.78 Å². The van der Waals surface area contributed by atoms with E-state index in [1.165, 1.54) is 0 Å². The van der Waals surface area contributed by atoms with Crippen molar-refractivity contribution in [2.45, 2.75) is 10.1 Å². The molecular weight excluding hydrogens is 396 g/mol. The number of amides is 2. The number of hydrazine groups is 1. The third-order valence-corrected chi connectivity index (χ3v) is 5.05. The quantitative estimate of drug-likeness (QED) is 0.481. The maximum atomic E-state index is 13.5. The van der Waals surface area contributed by atoms with Crippen molar-refractivity contribution < 1.29 is 22.8 Å². The summed E-state index contributed by atoms with van der Waals surface area (Å²) in [5.74, 6) is -2.42. The Hall–Kier alpha value is -2.59. The molecule has 140 valence electrons. The smallest absolute Gasteiger partial charge is 0.257 e. The molecule has 2 aromatic carbocycles. The number of aromatic nitrogens is 1. The van der Waals surface area contributed by atoms with Gasteiger partial charge in [-0.25, -0.2) is 13.8 Å². The first kappa shape index (κ1) is 19.2. The Balaban J connectivity index is 1.40.